The molecule has 0 bridgehead atoms. The minimum absolute atomic E-state index is 0.109. The first-order valence-corrected chi connectivity index (χ1v) is 10.3. The molecule has 158 valence electrons. The van der Waals surface area contributed by atoms with Crippen molar-refractivity contribution in [1.29, 1.82) is 5.26 Å². The zero-order valence-electron chi connectivity index (χ0n) is 17.1. The van der Waals surface area contributed by atoms with Crippen molar-refractivity contribution in [2.24, 2.45) is 5.92 Å². The van der Waals surface area contributed by atoms with E-state index >= 15 is 0 Å². The molecular weight excluding hydrogens is 382 g/mol. The summed E-state index contributed by atoms with van der Waals surface area (Å²) in [5, 5.41) is 14.6. The van der Waals surface area contributed by atoms with Crippen LogP contribution in [0.15, 0.2) is 40.8 Å². The molecule has 2 aromatic rings. The highest BCUT2D eigenvalue weighted by Gasteiger charge is 2.31. The molecular formula is C23H27N3O4. The van der Waals surface area contributed by atoms with E-state index in [0.29, 0.717) is 24.5 Å². The highest BCUT2D eigenvalue weighted by molar-refractivity contribution is 5.96. The average Bonchev–Trinajstić information content (AvgIpc) is 3.28. The van der Waals surface area contributed by atoms with Crippen LogP contribution >= 0.6 is 0 Å². The molecule has 0 unspecified atom stereocenters. The van der Waals surface area contributed by atoms with Crippen LogP contribution < -0.4 is 10.6 Å². The van der Waals surface area contributed by atoms with E-state index in [9.17, 15) is 9.59 Å². The predicted molar refractivity (Wildman–Crippen MR) is 112 cm³/mol. The number of ether oxygens (including phenoxy) is 1. The van der Waals surface area contributed by atoms with Gasteiger partial charge in [-0.25, -0.2) is 0 Å². The van der Waals surface area contributed by atoms with Crippen LogP contribution in [0.25, 0.3) is 11.3 Å². The largest absolute Gasteiger partial charge is 0.451 e. The molecule has 7 nitrogen and oxygen atoms in total. The van der Waals surface area contributed by atoms with Crippen LogP contribution in [-0.4, -0.2) is 38.1 Å². The first kappa shape index (κ1) is 21.6. The zero-order chi connectivity index (χ0) is 21.3. The third-order valence-corrected chi connectivity index (χ3v) is 5.42. The highest BCUT2D eigenvalue weighted by Crippen LogP contribution is 2.27. The van der Waals surface area contributed by atoms with E-state index in [1.165, 1.54) is 0 Å². The average molecular weight is 409 g/mol. The second-order valence-electron chi connectivity index (χ2n) is 7.49. The number of carbonyl (C=O) groups excluding carboxylic acids is 2. The van der Waals surface area contributed by atoms with Crippen LogP contribution in [0.4, 0.5) is 0 Å². The number of nitriles is 1. The van der Waals surface area contributed by atoms with Crippen molar-refractivity contribution >= 4 is 11.8 Å². The van der Waals surface area contributed by atoms with Crippen molar-refractivity contribution in [3.8, 4) is 17.4 Å². The fraction of sp³-hybridized carbons (Fsp3) is 0.435. The Morgan fingerprint density at radius 3 is 2.57 bits per heavy atom. The van der Waals surface area contributed by atoms with E-state index < -0.39 is 11.9 Å². The van der Waals surface area contributed by atoms with Crippen molar-refractivity contribution in [3.63, 3.8) is 0 Å². The molecule has 30 heavy (non-hydrogen) atoms. The monoisotopic (exact) mass is 409 g/mol. The molecule has 1 fully saturated rings. The minimum Gasteiger partial charge on any atom is -0.451 e. The molecule has 1 heterocycles. The molecule has 0 radical (unpaired) electrons. The van der Waals surface area contributed by atoms with Crippen molar-refractivity contribution in [3.05, 3.63) is 47.7 Å². The number of hydrogen-bond acceptors (Lipinski definition) is 5. The number of nitrogens with one attached hydrogen (secondary N) is 2. The Morgan fingerprint density at radius 1 is 1.17 bits per heavy atom. The van der Waals surface area contributed by atoms with Gasteiger partial charge in [-0.15, -0.1) is 0 Å². The number of benzene rings is 1. The quantitative estimate of drug-likeness (QED) is 0.651. The van der Waals surface area contributed by atoms with Gasteiger partial charge < -0.3 is 19.8 Å². The van der Waals surface area contributed by atoms with Crippen molar-refractivity contribution in [1.82, 2.24) is 10.6 Å². The van der Waals surface area contributed by atoms with Crippen LogP contribution in [0, 0.1) is 17.2 Å². The second-order valence-corrected chi connectivity index (χ2v) is 7.49. The maximum Gasteiger partial charge on any atom is 0.287 e. The molecule has 1 saturated carbocycles. The number of carbonyl (C=O) groups is 2. The number of rotatable bonds is 8. The maximum atomic E-state index is 12.8. The summed E-state index contributed by atoms with van der Waals surface area (Å²) in [5.41, 5.74) is 1.33. The zero-order valence-corrected chi connectivity index (χ0v) is 17.1. The van der Waals surface area contributed by atoms with E-state index in [4.69, 9.17) is 14.4 Å². The second kappa shape index (κ2) is 10.6. The van der Waals surface area contributed by atoms with Crippen LogP contribution in [-0.2, 0) is 9.53 Å². The molecule has 0 spiro atoms. The summed E-state index contributed by atoms with van der Waals surface area (Å²) in [7, 11) is 1.58. The van der Waals surface area contributed by atoms with E-state index in [1.807, 2.05) is 0 Å². The summed E-state index contributed by atoms with van der Waals surface area (Å²) in [5.74, 6) is 0.194. The number of amides is 2. The van der Waals surface area contributed by atoms with Crippen molar-refractivity contribution in [2.45, 2.75) is 38.1 Å². The standard InChI is InChI=1S/C23H27N3O4/c1-29-14-13-25-23(28)21(18-5-3-2-4-6-18)26-22(27)20-12-11-19(30-20)17-9-7-16(15-24)8-10-17/h7-12,18,21H,2-6,13-14H2,1H3,(H,25,28)(H,26,27)/t21-/m0/s1. The van der Waals surface area contributed by atoms with Gasteiger partial charge in [0.25, 0.3) is 5.91 Å². The molecule has 2 N–H and O–H groups in total. The first-order chi connectivity index (χ1) is 14.6. The van der Waals surface area contributed by atoms with E-state index in [-0.39, 0.29) is 17.6 Å². The molecule has 0 aliphatic heterocycles. The number of furan rings is 1. The summed E-state index contributed by atoms with van der Waals surface area (Å²) in [6.07, 6.45) is 5.11. The number of hydrogen-bond donors (Lipinski definition) is 2. The molecule has 3 rings (SSSR count). The van der Waals surface area contributed by atoms with Crippen molar-refractivity contribution < 1.29 is 18.7 Å². The third-order valence-electron chi connectivity index (χ3n) is 5.42. The molecule has 1 atom stereocenters. The van der Waals surface area contributed by atoms with Gasteiger partial charge >= 0.3 is 0 Å². The van der Waals surface area contributed by atoms with Gasteiger partial charge in [0.05, 0.1) is 18.2 Å². The Hall–Kier alpha value is -3.11. The first-order valence-electron chi connectivity index (χ1n) is 10.3. The summed E-state index contributed by atoms with van der Waals surface area (Å²) in [6.45, 7) is 0.821. The van der Waals surface area contributed by atoms with Crippen LogP contribution in [0.2, 0.25) is 0 Å². The summed E-state index contributed by atoms with van der Waals surface area (Å²) < 4.78 is 10.7. The topological polar surface area (TPSA) is 104 Å². The molecule has 7 heteroatoms. The summed E-state index contributed by atoms with van der Waals surface area (Å²) in [4.78, 5) is 25.6. The van der Waals surface area contributed by atoms with E-state index in [2.05, 4.69) is 16.7 Å². The van der Waals surface area contributed by atoms with Gasteiger partial charge in [-0.05, 0) is 55.2 Å². The summed E-state index contributed by atoms with van der Waals surface area (Å²) >= 11 is 0. The molecule has 2 amide bonds. The highest BCUT2D eigenvalue weighted by atomic mass is 16.5. The van der Waals surface area contributed by atoms with Crippen molar-refractivity contribution in [2.75, 3.05) is 20.3 Å². The Labute approximate surface area is 176 Å². The van der Waals surface area contributed by atoms with Gasteiger partial charge in [-0.3, -0.25) is 9.59 Å². The molecule has 1 aliphatic carbocycles. The predicted octanol–water partition coefficient (Wildman–Crippen LogP) is 3.26. The van der Waals surface area contributed by atoms with Gasteiger partial charge in [-0.2, -0.15) is 5.26 Å². The Bertz CT molecular complexity index is 892. The smallest absolute Gasteiger partial charge is 0.287 e. The summed E-state index contributed by atoms with van der Waals surface area (Å²) in [6, 6.07) is 11.7. The van der Waals surface area contributed by atoms with Gasteiger partial charge in [0, 0.05) is 19.2 Å². The molecule has 0 saturated heterocycles. The van der Waals surface area contributed by atoms with Gasteiger partial charge in [0.2, 0.25) is 5.91 Å². The van der Waals surface area contributed by atoms with Crippen LogP contribution in [0.1, 0.15) is 48.2 Å². The Kier molecular flexibility index (Phi) is 7.63. The number of methoxy groups -OCH3 is 1. The minimum atomic E-state index is -0.599. The fourth-order valence-corrected chi connectivity index (χ4v) is 3.79. The SMILES string of the molecule is COCCNC(=O)[C@@H](NC(=O)c1ccc(-c2ccc(C#N)cc2)o1)C1CCCCC1. The lowest BCUT2D eigenvalue weighted by Crippen LogP contribution is -2.51. The van der Waals surface area contributed by atoms with Crippen LogP contribution in [0.5, 0.6) is 0 Å². The van der Waals surface area contributed by atoms with E-state index in [1.54, 1.807) is 43.5 Å². The fourth-order valence-electron chi connectivity index (χ4n) is 3.79. The lowest BCUT2D eigenvalue weighted by Gasteiger charge is -2.29. The lowest BCUT2D eigenvalue weighted by molar-refractivity contribution is -0.124. The van der Waals surface area contributed by atoms with E-state index in [0.717, 1.165) is 37.7 Å². The van der Waals surface area contributed by atoms with Gasteiger partial charge in [0.1, 0.15) is 11.8 Å². The molecule has 1 aromatic carbocycles. The Morgan fingerprint density at radius 2 is 1.90 bits per heavy atom. The number of nitrogens with zero attached hydrogens (tertiary/aromatic N) is 1. The third kappa shape index (κ3) is 5.49. The van der Waals surface area contributed by atoms with Gasteiger partial charge in [0.15, 0.2) is 5.76 Å². The maximum absolute atomic E-state index is 12.8. The van der Waals surface area contributed by atoms with Gasteiger partial charge in [-0.1, -0.05) is 19.3 Å². The normalized spacial score (nSPS) is 15.2. The van der Waals surface area contributed by atoms with Crippen LogP contribution in [0.3, 0.4) is 0 Å². The molecule has 1 aromatic heterocycles. The lowest BCUT2D eigenvalue weighted by atomic mass is 9.83. The Balaban J connectivity index is 1.70. The molecule has 1 aliphatic rings.